The second kappa shape index (κ2) is 7.12. The first-order valence-electron chi connectivity index (χ1n) is 3.43. The Bertz CT molecular complexity index is 106. The molecule has 0 amide bonds. The monoisotopic (exact) mass is 192 g/mol. The van der Waals surface area contributed by atoms with Crippen molar-refractivity contribution in [2.75, 3.05) is 12.3 Å². The van der Waals surface area contributed by atoms with Crippen molar-refractivity contribution in [1.82, 2.24) is 0 Å². The summed E-state index contributed by atoms with van der Waals surface area (Å²) in [7, 11) is -2.69. The van der Waals surface area contributed by atoms with Crippen LogP contribution in [0.5, 0.6) is 0 Å². The molecule has 0 aromatic rings. The Morgan fingerprint density at radius 1 is 1.20 bits per heavy atom. The van der Waals surface area contributed by atoms with Crippen molar-refractivity contribution < 1.29 is 9.46 Å². The predicted octanol–water partition coefficient (Wildman–Crippen LogP) is 1.16. The molecule has 0 fully saturated rings. The second-order valence-electron chi connectivity index (χ2n) is 2.29. The zero-order chi connectivity index (χ0) is 7.33. The Morgan fingerprint density at radius 3 is 1.70 bits per heavy atom. The van der Waals surface area contributed by atoms with Crippen LogP contribution in [-0.2, 0) is 4.57 Å². The summed E-state index contributed by atoms with van der Waals surface area (Å²) in [5, 5.41) is 0. The molecular weight excluding hydrogens is 175 g/mol. The van der Waals surface area contributed by atoms with Gasteiger partial charge in [0.2, 0.25) is 7.37 Å². The molecule has 0 rings (SSSR count). The van der Waals surface area contributed by atoms with Gasteiger partial charge in [-0.05, 0) is 12.8 Å². The summed E-state index contributed by atoms with van der Waals surface area (Å²) in [6.07, 6.45) is 2.60. The van der Waals surface area contributed by atoms with Gasteiger partial charge in [0.25, 0.3) is 0 Å². The molecule has 0 atom stereocenters. The van der Waals surface area contributed by atoms with Crippen LogP contribution in [0.1, 0.15) is 26.7 Å². The Labute approximate surface area is 92.9 Å². The van der Waals surface area contributed by atoms with Gasteiger partial charge in [0, 0.05) is 12.3 Å². The van der Waals surface area contributed by atoms with Crippen molar-refractivity contribution in [2.24, 2.45) is 0 Å². The van der Waals surface area contributed by atoms with E-state index in [4.69, 9.17) is 4.89 Å². The quantitative estimate of drug-likeness (QED) is 0.536. The van der Waals surface area contributed by atoms with Gasteiger partial charge in [-0.3, -0.25) is 4.57 Å². The van der Waals surface area contributed by atoms with Crippen LogP contribution in [0.25, 0.3) is 0 Å². The van der Waals surface area contributed by atoms with Gasteiger partial charge < -0.3 is 4.89 Å². The fourth-order valence-electron chi connectivity index (χ4n) is 0.811. The van der Waals surface area contributed by atoms with Crippen LogP contribution < -0.4 is 0 Å². The Kier molecular flexibility index (Phi) is 9.97. The average molecular weight is 192 g/mol. The summed E-state index contributed by atoms with van der Waals surface area (Å²) in [6.45, 7) is 3.86. The topological polar surface area (TPSA) is 37.3 Å². The van der Waals surface area contributed by atoms with Crippen molar-refractivity contribution >= 4 is 45.1 Å². The molecule has 0 saturated heterocycles. The van der Waals surface area contributed by atoms with E-state index in [0.29, 0.717) is 12.3 Å². The van der Waals surface area contributed by atoms with E-state index in [0.717, 1.165) is 12.8 Å². The van der Waals surface area contributed by atoms with Crippen molar-refractivity contribution in [3.8, 4) is 0 Å². The molecule has 2 nitrogen and oxygen atoms in total. The normalized spacial score (nSPS) is 10.7. The van der Waals surface area contributed by atoms with Gasteiger partial charge in [0.05, 0.1) is 0 Å². The van der Waals surface area contributed by atoms with Gasteiger partial charge in [-0.1, -0.05) is 13.8 Å². The molecule has 0 aromatic heterocycles. The first-order valence-corrected chi connectivity index (χ1v) is 5.46. The van der Waals surface area contributed by atoms with Crippen LogP contribution in [0.2, 0.25) is 0 Å². The summed E-state index contributed by atoms with van der Waals surface area (Å²) >= 11 is 0. The Hall–Kier alpha value is 1.45. The van der Waals surface area contributed by atoms with E-state index in [1.54, 1.807) is 0 Å². The van der Waals surface area contributed by atoms with Crippen LogP contribution in [0, 0.1) is 0 Å². The molecule has 60 valence electrons. The second-order valence-corrected chi connectivity index (χ2v) is 4.88. The summed E-state index contributed by atoms with van der Waals surface area (Å²) in [5.41, 5.74) is 0. The van der Waals surface area contributed by atoms with E-state index in [-0.39, 0.29) is 37.7 Å². The van der Waals surface area contributed by atoms with Crippen LogP contribution in [0.15, 0.2) is 0 Å². The molecular formula is C6H17CaO2P. The maximum absolute atomic E-state index is 11.0. The van der Waals surface area contributed by atoms with Gasteiger partial charge in [0.15, 0.2) is 0 Å². The standard InChI is InChI=1S/C6H15O2P.Ca.2H/c1-3-5-9(7,8)6-4-2;;;/h3-6H2,1-2H3,(H,7,8);;;. The van der Waals surface area contributed by atoms with E-state index in [1.165, 1.54) is 0 Å². The zero-order valence-corrected chi connectivity index (χ0v) is 7.03. The van der Waals surface area contributed by atoms with Gasteiger partial charge in [-0.25, -0.2) is 0 Å². The molecule has 0 aliphatic rings. The first-order chi connectivity index (χ1) is 4.12. The molecule has 0 saturated carbocycles. The van der Waals surface area contributed by atoms with E-state index >= 15 is 0 Å². The number of hydrogen-bond donors (Lipinski definition) is 1. The minimum absolute atomic E-state index is 0. The third kappa shape index (κ3) is 7.56. The summed E-state index contributed by atoms with van der Waals surface area (Å²) < 4.78 is 11.0. The fraction of sp³-hybridized carbons (Fsp3) is 1.00. The van der Waals surface area contributed by atoms with E-state index in [9.17, 15) is 4.57 Å². The Balaban J connectivity index is 0. The number of rotatable bonds is 4. The van der Waals surface area contributed by atoms with E-state index < -0.39 is 7.37 Å². The molecule has 4 heteroatoms. The SMILES string of the molecule is CCCP(=O)(O)CCC.[CaH2]. The molecule has 0 aliphatic heterocycles. The molecule has 0 aromatic carbocycles. The summed E-state index contributed by atoms with van der Waals surface area (Å²) in [4.78, 5) is 9.07. The van der Waals surface area contributed by atoms with Gasteiger partial charge in [-0.2, -0.15) is 0 Å². The van der Waals surface area contributed by atoms with Gasteiger partial charge in [0.1, 0.15) is 0 Å². The number of hydrogen-bond acceptors (Lipinski definition) is 1. The van der Waals surface area contributed by atoms with Crippen LogP contribution in [0.3, 0.4) is 0 Å². The van der Waals surface area contributed by atoms with Crippen molar-refractivity contribution in [1.29, 1.82) is 0 Å². The summed E-state index contributed by atoms with van der Waals surface area (Å²) in [5.74, 6) is 0. The minimum atomic E-state index is -2.69. The molecule has 0 spiro atoms. The fourth-order valence-corrected chi connectivity index (χ4v) is 2.43. The van der Waals surface area contributed by atoms with Crippen LogP contribution >= 0.6 is 7.37 Å². The van der Waals surface area contributed by atoms with Crippen molar-refractivity contribution in [2.45, 2.75) is 26.7 Å². The third-order valence-corrected chi connectivity index (χ3v) is 3.44. The summed E-state index contributed by atoms with van der Waals surface area (Å²) in [6, 6.07) is 0. The zero-order valence-electron chi connectivity index (χ0n) is 6.13. The average Bonchev–Trinajstić information content (AvgIpc) is 1.64. The Morgan fingerprint density at radius 2 is 1.50 bits per heavy atom. The van der Waals surface area contributed by atoms with Crippen LogP contribution in [-0.4, -0.2) is 55.0 Å². The molecule has 1 N–H and O–H groups in total. The molecule has 0 bridgehead atoms. The molecule has 0 aliphatic carbocycles. The van der Waals surface area contributed by atoms with Gasteiger partial charge in [-0.15, -0.1) is 0 Å². The first kappa shape index (κ1) is 14.0. The third-order valence-electron chi connectivity index (χ3n) is 1.15. The molecule has 0 unspecified atom stereocenters. The van der Waals surface area contributed by atoms with Crippen LogP contribution in [0.4, 0.5) is 0 Å². The van der Waals surface area contributed by atoms with E-state index in [2.05, 4.69) is 0 Å². The molecule has 0 radical (unpaired) electrons. The predicted molar refractivity (Wildman–Crippen MR) is 48.7 cm³/mol. The maximum atomic E-state index is 11.0. The molecule has 0 heterocycles. The van der Waals surface area contributed by atoms with Crippen molar-refractivity contribution in [3.05, 3.63) is 0 Å². The van der Waals surface area contributed by atoms with Crippen molar-refractivity contribution in [3.63, 3.8) is 0 Å². The molecule has 10 heavy (non-hydrogen) atoms. The van der Waals surface area contributed by atoms with Gasteiger partial charge >= 0.3 is 37.7 Å². The van der Waals surface area contributed by atoms with E-state index in [1.807, 2.05) is 13.8 Å².